The van der Waals surface area contributed by atoms with Crippen LogP contribution in [0, 0.1) is 0 Å². The van der Waals surface area contributed by atoms with Gasteiger partial charge < -0.3 is 10.1 Å². The predicted octanol–water partition coefficient (Wildman–Crippen LogP) is 2.14. The highest BCUT2D eigenvalue weighted by atomic mass is 32.2. The van der Waals surface area contributed by atoms with Gasteiger partial charge in [-0.15, -0.1) is 0 Å². The lowest BCUT2D eigenvalue weighted by Gasteiger charge is -2.23. The van der Waals surface area contributed by atoms with Crippen molar-refractivity contribution in [2.24, 2.45) is 0 Å². The van der Waals surface area contributed by atoms with Crippen molar-refractivity contribution in [3.05, 3.63) is 29.8 Å². The lowest BCUT2D eigenvalue weighted by molar-refractivity contribution is 0.317. The molecular weight excluding hydrogens is 274 g/mol. The van der Waals surface area contributed by atoms with Gasteiger partial charge in [-0.05, 0) is 37.0 Å². The quantitative estimate of drug-likeness (QED) is 0.874. The van der Waals surface area contributed by atoms with Gasteiger partial charge in [-0.3, -0.25) is 0 Å². The zero-order valence-electron chi connectivity index (χ0n) is 12.0. The van der Waals surface area contributed by atoms with Crippen molar-refractivity contribution in [1.29, 1.82) is 0 Å². The zero-order chi connectivity index (χ0) is 14.4. The van der Waals surface area contributed by atoms with Gasteiger partial charge in [0.05, 0.1) is 18.1 Å². The monoisotopic (exact) mass is 297 g/mol. The van der Waals surface area contributed by atoms with Gasteiger partial charge in [0.25, 0.3) is 0 Å². The second kappa shape index (κ2) is 7.09. The molecule has 5 heteroatoms. The summed E-state index contributed by atoms with van der Waals surface area (Å²) in [5, 5.41) is 3.34. The minimum absolute atomic E-state index is 0.0777. The molecule has 20 heavy (non-hydrogen) atoms. The lowest BCUT2D eigenvalue weighted by Crippen LogP contribution is -2.39. The van der Waals surface area contributed by atoms with Crippen LogP contribution in [0.3, 0.4) is 0 Å². The molecule has 1 aromatic carbocycles. The summed E-state index contributed by atoms with van der Waals surface area (Å²) in [6.07, 6.45) is 2.69. The fourth-order valence-electron chi connectivity index (χ4n) is 2.41. The molecule has 1 atom stereocenters. The first-order valence-corrected chi connectivity index (χ1v) is 9.07. The van der Waals surface area contributed by atoms with Crippen molar-refractivity contribution < 1.29 is 13.2 Å². The predicted molar refractivity (Wildman–Crippen MR) is 80.7 cm³/mol. The molecule has 1 N–H and O–H groups in total. The summed E-state index contributed by atoms with van der Waals surface area (Å²) < 4.78 is 28.8. The highest BCUT2D eigenvalue weighted by molar-refractivity contribution is 7.91. The minimum atomic E-state index is -2.84. The molecule has 2 rings (SSSR count). The summed E-state index contributed by atoms with van der Waals surface area (Å²) in [5.74, 6) is 1.48. The van der Waals surface area contributed by atoms with E-state index in [1.165, 1.54) is 0 Å². The third-order valence-corrected chi connectivity index (χ3v) is 5.25. The van der Waals surface area contributed by atoms with Gasteiger partial charge in [0, 0.05) is 12.6 Å². The first kappa shape index (κ1) is 15.3. The number of hydrogen-bond donors (Lipinski definition) is 1. The Morgan fingerprint density at radius 2 is 2.25 bits per heavy atom. The standard InChI is InChI=1S/C15H23NO3S/c1-2-8-19-15-7-3-5-13(10-15)11-16-14-6-4-9-20(17,18)12-14/h3,5,7,10,14,16H,2,4,6,8-9,11-12H2,1H3. The molecule has 1 saturated heterocycles. The number of hydrogen-bond acceptors (Lipinski definition) is 4. The molecule has 0 aliphatic carbocycles. The van der Waals surface area contributed by atoms with E-state index in [0.29, 0.717) is 12.3 Å². The molecule has 0 amide bonds. The Morgan fingerprint density at radius 1 is 1.40 bits per heavy atom. The van der Waals surface area contributed by atoms with Gasteiger partial charge in [0.2, 0.25) is 0 Å². The molecular formula is C15H23NO3S. The molecule has 0 saturated carbocycles. The highest BCUT2D eigenvalue weighted by Gasteiger charge is 2.24. The largest absolute Gasteiger partial charge is 0.494 e. The van der Waals surface area contributed by atoms with Crippen LogP contribution in [0.15, 0.2) is 24.3 Å². The molecule has 0 radical (unpaired) electrons. The Kier molecular flexibility index (Phi) is 5.43. The van der Waals surface area contributed by atoms with Crippen LogP contribution >= 0.6 is 0 Å². The van der Waals surface area contributed by atoms with Crippen molar-refractivity contribution in [3.63, 3.8) is 0 Å². The molecule has 1 heterocycles. The summed E-state index contributed by atoms with van der Waals surface area (Å²) >= 11 is 0. The summed E-state index contributed by atoms with van der Waals surface area (Å²) in [6, 6.07) is 8.04. The summed E-state index contributed by atoms with van der Waals surface area (Å²) in [5.41, 5.74) is 1.13. The second-order valence-electron chi connectivity index (χ2n) is 5.33. The third-order valence-electron chi connectivity index (χ3n) is 3.43. The molecule has 1 aliphatic heterocycles. The first-order chi connectivity index (χ1) is 9.59. The fraction of sp³-hybridized carbons (Fsp3) is 0.600. The number of rotatable bonds is 6. The molecule has 0 bridgehead atoms. The van der Waals surface area contributed by atoms with E-state index in [9.17, 15) is 8.42 Å². The maximum absolute atomic E-state index is 11.6. The van der Waals surface area contributed by atoms with Crippen molar-refractivity contribution in [2.45, 2.75) is 38.8 Å². The SMILES string of the molecule is CCCOc1cccc(CNC2CCCS(=O)(=O)C2)c1. The van der Waals surface area contributed by atoms with Gasteiger partial charge in [0.15, 0.2) is 9.84 Å². The van der Waals surface area contributed by atoms with E-state index in [1.807, 2.05) is 24.3 Å². The minimum Gasteiger partial charge on any atom is -0.494 e. The molecule has 1 fully saturated rings. The topological polar surface area (TPSA) is 55.4 Å². The third kappa shape index (κ3) is 4.80. The number of benzene rings is 1. The van der Waals surface area contributed by atoms with Gasteiger partial charge in [-0.2, -0.15) is 0 Å². The van der Waals surface area contributed by atoms with Crippen LogP contribution in [-0.4, -0.2) is 32.6 Å². The number of nitrogens with one attached hydrogen (secondary N) is 1. The van der Waals surface area contributed by atoms with E-state index < -0.39 is 9.84 Å². The second-order valence-corrected chi connectivity index (χ2v) is 7.56. The van der Waals surface area contributed by atoms with Crippen molar-refractivity contribution in [2.75, 3.05) is 18.1 Å². The van der Waals surface area contributed by atoms with Crippen LogP contribution < -0.4 is 10.1 Å². The average molecular weight is 297 g/mol. The van der Waals surface area contributed by atoms with E-state index >= 15 is 0 Å². The normalized spacial score (nSPS) is 21.6. The van der Waals surface area contributed by atoms with Crippen LogP contribution in [0.4, 0.5) is 0 Å². The summed E-state index contributed by atoms with van der Waals surface area (Å²) in [7, 11) is -2.84. The molecule has 0 aromatic heterocycles. The highest BCUT2D eigenvalue weighted by Crippen LogP contribution is 2.15. The van der Waals surface area contributed by atoms with Crippen molar-refractivity contribution in [1.82, 2.24) is 5.32 Å². The van der Waals surface area contributed by atoms with Crippen LogP contribution in [0.2, 0.25) is 0 Å². The van der Waals surface area contributed by atoms with Gasteiger partial charge >= 0.3 is 0 Å². The van der Waals surface area contributed by atoms with E-state index in [-0.39, 0.29) is 11.8 Å². The van der Waals surface area contributed by atoms with E-state index in [0.717, 1.165) is 37.2 Å². The van der Waals surface area contributed by atoms with E-state index in [1.54, 1.807) is 0 Å². The summed E-state index contributed by atoms with van der Waals surface area (Å²) in [4.78, 5) is 0. The summed E-state index contributed by atoms with van der Waals surface area (Å²) in [6.45, 7) is 3.48. The Balaban J connectivity index is 1.87. The van der Waals surface area contributed by atoms with E-state index in [2.05, 4.69) is 12.2 Å². The first-order valence-electron chi connectivity index (χ1n) is 7.24. The van der Waals surface area contributed by atoms with E-state index in [4.69, 9.17) is 4.74 Å². The smallest absolute Gasteiger partial charge is 0.151 e. The molecule has 4 nitrogen and oxygen atoms in total. The van der Waals surface area contributed by atoms with Gasteiger partial charge in [-0.1, -0.05) is 19.1 Å². The van der Waals surface area contributed by atoms with Crippen LogP contribution in [0.25, 0.3) is 0 Å². The molecule has 112 valence electrons. The number of ether oxygens (including phenoxy) is 1. The van der Waals surface area contributed by atoms with Gasteiger partial charge in [0.1, 0.15) is 5.75 Å². The van der Waals surface area contributed by atoms with Crippen LogP contribution in [0.5, 0.6) is 5.75 Å². The zero-order valence-corrected chi connectivity index (χ0v) is 12.8. The average Bonchev–Trinajstić information content (AvgIpc) is 2.42. The van der Waals surface area contributed by atoms with Crippen LogP contribution in [-0.2, 0) is 16.4 Å². The maximum atomic E-state index is 11.6. The molecule has 1 unspecified atom stereocenters. The Labute approximate surface area is 121 Å². The van der Waals surface area contributed by atoms with Crippen molar-refractivity contribution in [3.8, 4) is 5.75 Å². The Morgan fingerprint density at radius 3 is 3.00 bits per heavy atom. The number of sulfone groups is 1. The molecule has 1 aliphatic rings. The Bertz CT molecular complexity index is 528. The van der Waals surface area contributed by atoms with Gasteiger partial charge in [-0.25, -0.2) is 8.42 Å². The molecule has 1 aromatic rings. The maximum Gasteiger partial charge on any atom is 0.151 e. The lowest BCUT2D eigenvalue weighted by atomic mass is 10.1. The van der Waals surface area contributed by atoms with Crippen molar-refractivity contribution >= 4 is 9.84 Å². The molecule has 0 spiro atoms. The fourth-order valence-corrected chi connectivity index (χ4v) is 4.08. The Hall–Kier alpha value is -1.07. The van der Waals surface area contributed by atoms with Crippen LogP contribution in [0.1, 0.15) is 31.7 Å².